The smallest absolute Gasteiger partial charge is 0.356 e. The van der Waals surface area contributed by atoms with Crippen LogP contribution in [-0.2, 0) is 6.54 Å². The number of aromatic nitrogens is 5. The fourth-order valence-electron chi connectivity index (χ4n) is 1.41. The maximum atomic E-state index is 11.6. The first-order chi connectivity index (χ1) is 9.06. The zero-order valence-corrected chi connectivity index (χ0v) is 10.1. The van der Waals surface area contributed by atoms with Crippen molar-refractivity contribution in [1.82, 2.24) is 30.0 Å². The molecule has 2 aromatic rings. The minimum atomic E-state index is -1.08. The van der Waals surface area contributed by atoms with Gasteiger partial charge in [-0.1, -0.05) is 0 Å². The fourth-order valence-corrected chi connectivity index (χ4v) is 1.41. The molecule has 19 heavy (non-hydrogen) atoms. The lowest BCUT2D eigenvalue weighted by Gasteiger charge is -2.02. The molecule has 0 aromatic carbocycles. The molecule has 0 aliphatic rings. The third kappa shape index (κ3) is 3.15. The number of imidazole rings is 1. The van der Waals surface area contributed by atoms with Crippen molar-refractivity contribution < 1.29 is 14.7 Å². The fraction of sp³-hybridized carbons (Fsp3) is 0.300. The van der Waals surface area contributed by atoms with E-state index in [0.29, 0.717) is 18.9 Å². The van der Waals surface area contributed by atoms with E-state index in [4.69, 9.17) is 5.11 Å². The number of H-pyrrole nitrogens is 1. The molecule has 0 aliphatic heterocycles. The van der Waals surface area contributed by atoms with Gasteiger partial charge in [0.2, 0.25) is 5.82 Å². The van der Waals surface area contributed by atoms with Crippen LogP contribution in [0, 0.1) is 6.92 Å². The van der Waals surface area contributed by atoms with Crippen molar-refractivity contribution in [3.05, 3.63) is 29.9 Å². The van der Waals surface area contributed by atoms with E-state index in [2.05, 4.69) is 25.5 Å². The van der Waals surface area contributed by atoms with Gasteiger partial charge in [0.15, 0.2) is 5.69 Å². The summed E-state index contributed by atoms with van der Waals surface area (Å²) in [5.41, 5.74) is -0.0316. The van der Waals surface area contributed by atoms with Gasteiger partial charge >= 0.3 is 5.97 Å². The van der Waals surface area contributed by atoms with Gasteiger partial charge in [-0.2, -0.15) is 0 Å². The Morgan fingerprint density at radius 1 is 1.53 bits per heavy atom. The number of hydrogen-bond acceptors (Lipinski definition) is 5. The lowest BCUT2D eigenvalue weighted by atomic mass is 10.5. The van der Waals surface area contributed by atoms with Gasteiger partial charge in [0.25, 0.3) is 5.91 Å². The van der Waals surface area contributed by atoms with Gasteiger partial charge in [0, 0.05) is 19.3 Å². The number of aromatic carboxylic acids is 1. The summed E-state index contributed by atoms with van der Waals surface area (Å²) in [7, 11) is 0. The van der Waals surface area contributed by atoms with Crippen LogP contribution in [0.4, 0.5) is 0 Å². The van der Waals surface area contributed by atoms with E-state index in [1.807, 2.05) is 0 Å². The summed E-state index contributed by atoms with van der Waals surface area (Å²) in [6.45, 7) is 2.43. The molecule has 2 heterocycles. The van der Waals surface area contributed by atoms with Crippen LogP contribution in [0.15, 0.2) is 12.5 Å². The molecule has 0 saturated heterocycles. The Labute approximate surface area is 107 Å². The highest BCUT2D eigenvalue weighted by Gasteiger charge is 2.10. The van der Waals surface area contributed by atoms with E-state index < -0.39 is 5.97 Å². The van der Waals surface area contributed by atoms with Crippen LogP contribution in [-0.4, -0.2) is 48.3 Å². The molecule has 0 saturated carbocycles. The maximum absolute atomic E-state index is 11.6. The van der Waals surface area contributed by atoms with Crippen LogP contribution in [0.3, 0.4) is 0 Å². The molecule has 2 rings (SSSR count). The van der Waals surface area contributed by atoms with E-state index in [1.165, 1.54) is 12.5 Å². The molecule has 0 fully saturated rings. The Balaban J connectivity index is 1.83. The first-order valence-electron chi connectivity index (χ1n) is 5.48. The minimum absolute atomic E-state index is 0.0316. The molecule has 0 spiro atoms. The Morgan fingerprint density at radius 2 is 2.32 bits per heavy atom. The summed E-state index contributed by atoms with van der Waals surface area (Å²) in [5, 5.41) is 17.6. The van der Waals surface area contributed by atoms with E-state index in [9.17, 15) is 9.59 Å². The standard InChI is InChI=1S/C10H12N6O3/c1-6-13-8(15-14-6)9(17)11-2-3-16-4-7(10(18)19)12-5-16/h4-5H,2-3H2,1H3,(H,11,17)(H,18,19)(H,13,14,15). The number of amides is 1. The Kier molecular flexibility index (Phi) is 3.55. The van der Waals surface area contributed by atoms with Gasteiger partial charge in [0.1, 0.15) is 5.82 Å². The first-order valence-corrected chi connectivity index (χ1v) is 5.48. The summed E-state index contributed by atoms with van der Waals surface area (Å²) in [6, 6.07) is 0. The summed E-state index contributed by atoms with van der Waals surface area (Å²) in [4.78, 5) is 29.8. The number of carboxylic acid groups (broad SMARTS) is 1. The topological polar surface area (TPSA) is 126 Å². The second-order valence-corrected chi connectivity index (χ2v) is 3.80. The van der Waals surface area contributed by atoms with Gasteiger partial charge in [-0.05, 0) is 6.92 Å². The van der Waals surface area contributed by atoms with Crippen molar-refractivity contribution in [2.45, 2.75) is 13.5 Å². The third-order valence-corrected chi connectivity index (χ3v) is 2.31. The van der Waals surface area contributed by atoms with Crippen molar-refractivity contribution in [1.29, 1.82) is 0 Å². The summed E-state index contributed by atoms with van der Waals surface area (Å²) in [5.74, 6) is -0.831. The molecule has 0 aliphatic carbocycles. The van der Waals surface area contributed by atoms with Crippen molar-refractivity contribution in [3.63, 3.8) is 0 Å². The number of hydrogen-bond donors (Lipinski definition) is 3. The molecule has 3 N–H and O–H groups in total. The molecule has 0 bridgehead atoms. The van der Waals surface area contributed by atoms with Crippen molar-refractivity contribution in [3.8, 4) is 0 Å². The lowest BCUT2D eigenvalue weighted by molar-refractivity contribution is 0.0690. The highest BCUT2D eigenvalue weighted by molar-refractivity contribution is 5.90. The highest BCUT2D eigenvalue weighted by atomic mass is 16.4. The molecule has 9 heteroatoms. The van der Waals surface area contributed by atoms with Crippen molar-refractivity contribution in [2.24, 2.45) is 0 Å². The predicted molar refractivity (Wildman–Crippen MR) is 62.6 cm³/mol. The molecular weight excluding hydrogens is 252 g/mol. The van der Waals surface area contributed by atoms with Crippen LogP contribution in [0.2, 0.25) is 0 Å². The first kappa shape index (κ1) is 12.7. The molecule has 0 unspecified atom stereocenters. The highest BCUT2D eigenvalue weighted by Crippen LogP contribution is 1.95. The third-order valence-electron chi connectivity index (χ3n) is 2.31. The van der Waals surface area contributed by atoms with E-state index in [1.54, 1.807) is 11.5 Å². The van der Waals surface area contributed by atoms with Crippen molar-refractivity contribution >= 4 is 11.9 Å². The van der Waals surface area contributed by atoms with Crippen LogP contribution < -0.4 is 5.32 Å². The van der Waals surface area contributed by atoms with Gasteiger partial charge in [-0.25, -0.2) is 14.8 Å². The number of nitrogens with zero attached hydrogens (tertiary/aromatic N) is 4. The van der Waals surface area contributed by atoms with Crippen LogP contribution in [0.5, 0.6) is 0 Å². The maximum Gasteiger partial charge on any atom is 0.356 e. The average molecular weight is 264 g/mol. The molecule has 9 nitrogen and oxygen atoms in total. The van der Waals surface area contributed by atoms with Gasteiger partial charge in [-0.15, -0.1) is 5.10 Å². The Morgan fingerprint density at radius 3 is 2.89 bits per heavy atom. The monoisotopic (exact) mass is 264 g/mol. The van der Waals surface area contributed by atoms with Gasteiger partial charge in [0.05, 0.1) is 6.33 Å². The Bertz CT molecular complexity index is 602. The van der Waals surface area contributed by atoms with E-state index >= 15 is 0 Å². The number of aryl methyl sites for hydroxylation is 1. The summed E-state index contributed by atoms with van der Waals surface area (Å²) < 4.78 is 1.58. The minimum Gasteiger partial charge on any atom is -0.476 e. The summed E-state index contributed by atoms with van der Waals surface area (Å²) in [6.07, 6.45) is 2.79. The number of carboxylic acids is 1. The Hall–Kier alpha value is -2.71. The van der Waals surface area contributed by atoms with E-state index in [0.717, 1.165) is 0 Å². The number of nitrogens with one attached hydrogen (secondary N) is 2. The van der Waals surface area contributed by atoms with Crippen LogP contribution in [0.25, 0.3) is 0 Å². The van der Waals surface area contributed by atoms with Gasteiger partial charge < -0.3 is 15.0 Å². The van der Waals surface area contributed by atoms with Crippen LogP contribution in [0.1, 0.15) is 26.9 Å². The average Bonchev–Trinajstić information content (AvgIpc) is 2.98. The summed E-state index contributed by atoms with van der Waals surface area (Å²) >= 11 is 0. The largest absolute Gasteiger partial charge is 0.476 e. The number of rotatable bonds is 5. The molecule has 1 amide bonds. The molecule has 2 aromatic heterocycles. The van der Waals surface area contributed by atoms with Gasteiger partial charge in [-0.3, -0.25) is 9.89 Å². The number of carbonyl (C=O) groups is 2. The normalized spacial score (nSPS) is 10.4. The van der Waals surface area contributed by atoms with Crippen LogP contribution >= 0.6 is 0 Å². The molecule has 100 valence electrons. The molecule has 0 radical (unpaired) electrons. The van der Waals surface area contributed by atoms with E-state index in [-0.39, 0.29) is 17.4 Å². The van der Waals surface area contributed by atoms with Crippen molar-refractivity contribution in [2.75, 3.05) is 6.54 Å². The molecule has 0 atom stereocenters. The molecular formula is C10H12N6O3. The number of carbonyl (C=O) groups excluding carboxylic acids is 1. The second kappa shape index (κ2) is 5.29. The zero-order valence-electron chi connectivity index (χ0n) is 10.1. The quantitative estimate of drug-likeness (QED) is 0.664. The SMILES string of the molecule is Cc1nc(C(=O)NCCn2cnc(C(=O)O)c2)n[nH]1. The second-order valence-electron chi connectivity index (χ2n) is 3.80. The zero-order chi connectivity index (χ0) is 13.8. The predicted octanol–water partition coefficient (Wildman–Crippen LogP) is -0.562. The number of aromatic amines is 1. The lowest BCUT2D eigenvalue weighted by Crippen LogP contribution is -2.28.